The van der Waals surface area contributed by atoms with Crippen molar-refractivity contribution in [2.24, 2.45) is 5.41 Å². The van der Waals surface area contributed by atoms with Gasteiger partial charge in [0.2, 0.25) is 0 Å². The number of anilines is 1. The van der Waals surface area contributed by atoms with Crippen molar-refractivity contribution in [3.63, 3.8) is 0 Å². The van der Waals surface area contributed by atoms with Gasteiger partial charge in [-0.2, -0.15) is 0 Å². The second-order valence-corrected chi connectivity index (χ2v) is 6.04. The van der Waals surface area contributed by atoms with E-state index in [0.717, 1.165) is 23.1 Å². The normalized spacial score (nSPS) is 16.5. The quantitative estimate of drug-likeness (QED) is 0.787. The van der Waals surface area contributed by atoms with Gasteiger partial charge in [0, 0.05) is 23.5 Å². The van der Waals surface area contributed by atoms with Crippen molar-refractivity contribution >= 4 is 33.1 Å². The van der Waals surface area contributed by atoms with Crippen molar-refractivity contribution in [3.8, 4) is 0 Å². The molecule has 1 amide bonds. The summed E-state index contributed by atoms with van der Waals surface area (Å²) in [7, 11) is 0. The fourth-order valence-electron chi connectivity index (χ4n) is 2.04. The minimum atomic E-state index is -0.180. The largest absolute Gasteiger partial charge is 0.397 e. The van der Waals surface area contributed by atoms with Gasteiger partial charge in [-0.1, -0.05) is 0 Å². The Morgan fingerprint density at radius 3 is 3.00 bits per heavy atom. The number of carbonyl (C=O) groups is 1. The zero-order valence-electron chi connectivity index (χ0n) is 10.3. The molecule has 0 unspecified atom stereocenters. The van der Waals surface area contributed by atoms with Gasteiger partial charge >= 0.3 is 0 Å². The van der Waals surface area contributed by atoms with E-state index in [1.54, 1.807) is 12.3 Å². The average Bonchev–Trinajstić information content (AvgIpc) is 3.15. The van der Waals surface area contributed by atoms with Crippen LogP contribution in [0.4, 0.5) is 5.69 Å². The molecule has 0 saturated heterocycles. The smallest absolute Gasteiger partial charge is 0.263 e. The van der Waals surface area contributed by atoms with Gasteiger partial charge < -0.3 is 16.2 Å². The van der Waals surface area contributed by atoms with E-state index in [9.17, 15) is 9.90 Å². The molecule has 100 valence electrons. The maximum atomic E-state index is 12.1. The monoisotopic (exact) mass is 277 g/mol. The van der Waals surface area contributed by atoms with Gasteiger partial charge in [-0.05, 0) is 25.0 Å². The van der Waals surface area contributed by atoms with Crippen LogP contribution in [0.3, 0.4) is 0 Å². The number of nitrogens with zero attached hydrogens (tertiary/aromatic N) is 1. The summed E-state index contributed by atoms with van der Waals surface area (Å²) in [4.78, 5) is 17.6. The number of aliphatic hydroxyl groups excluding tert-OH is 1. The Morgan fingerprint density at radius 2 is 2.37 bits per heavy atom. The van der Waals surface area contributed by atoms with E-state index in [1.165, 1.54) is 11.3 Å². The summed E-state index contributed by atoms with van der Waals surface area (Å²) in [5.41, 5.74) is 6.38. The van der Waals surface area contributed by atoms with Gasteiger partial charge in [-0.15, -0.1) is 11.3 Å². The fraction of sp³-hybridized carbons (Fsp3) is 0.385. The third-order valence-corrected chi connectivity index (χ3v) is 4.76. The maximum absolute atomic E-state index is 12.1. The number of pyridine rings is 1. The molecule has 1 aliphatic carbocycles. The zero-order valence-corrected chi connectivity index (χ0v) is 11.2. The number of hydrogen-bond acceptors (Lipinski definition) is 5. The second kappa shape index (κ2) is 4.47. The highest BCUT2D eigenvalue weighted by molar-refractivity contribution is 7.21. The van der Waals surface area contributed by atoms with Crippen molar-refractivity contribution in [2.45, 2.75) is 12.8 Å². The lowest BCUT2D eigenvalue weighted by Crippen LogP contribution is -2.31. The summed E-state index contributed by atoms with van der Waals surface area (Å²) in [5, 5.41) is 12.9. The number of nitrogens with two attached hydrogens (primary N) is 1. The molecular weight excluding hydrogens is 262 g/mol. The van der Waals surface area contributed by atoms with Gasteiger partial charge in [0.1, 0.15) is 9.71 Å². The Labute approximate surface area is 114 Å². The molecule has 4 N–H and O–H groups in total. The molecule has 0 atom stereocenters. The van der Waals surface area contributed by atoms with Crippen molar-refractivity contribution in [1.82, 2.24) is 10.3 Å². The number of rotatable bonds is 4. The van der Waals surface area contributed by atoms with Crippen LogP contribution in [0.1, 0.15) is 22.5 Å². The van der Waals surface area contributed by atoms with Gasteiger partial charge in [0.15, 0.2) is 0 Å². The van der Waals surface area contributed by atoms with Gasteiger partial charge in [-0.3, -0.25) is 4.79 Å². The molecule has 1 saturated carbocycles. The molecule has 5 nitrogen and oxygen atoms in total. The van der Waals surface area contributed by atoms with Gasteiger partial charge in [0.25, 0.3) is 5.91 Å². The summed E-state index contributed by atoms with van der Waals surface area (Å²) in [6.45, 7) is 0.625. The predicted octanol–water partition coefficient (Wildman–Crippen LogP) is 1.38. The Hall–Kier alpha value is -1.66. The Balaban J connectivity index is 1.80. The topological polar surface area (TPSA) is 88.2 Å². The van der Waals surface area contributed by atoms with Crippen LogP contribution in [0.25, 0.3) is 10.2 Å². The number of fused-ring (bicyclic) bond motifs is 1. The molecule has 0 bridgehead atoms. The van der Waals surface area contributed by atoms with Crippen LogP contribution in [0, 0.1) is 5.41 Å². The number of amides is 1. The number of thiophene rings is 1. The second-order valence-electron chi connectivity index (χ2n) is 5.04. The number of hydrogen-bond donors (Lipinski definition) is 3. The van der Waals surface area contributed by atoms with E-state index in [4.69, 9.17) is 5.73 Å². The summed E-state index contributed by atoms with van der Waals surface area (Å²) < 4.78 is 0. The number of nitrogen functional groups attached to an aromatic ring is 1. The summed E-state index contributed by atoms with van der Waals surface area (Å²) in [6, 6.07) is 3.67. The predicted molar refractivity (Wildman–Crippen MR) is 75.1 cm³/mol. The van der Waals surface area contributed by atoms with Crippen LogP contribution in [0.2, 0.25) is 0 Å². The Kier molecular flexibility index (Phi) is 2.91. The lowest BCUT2D eigenvalue weighted by molar-refractivity contribution is 0.0940. The number of aromatic nitrogens is 1. The molecule has 1 fully saturated rings. The number of aliphatic hydroxyl groups is 1. The van der Waals surface area contributed by atoms with E-state index in [2.05, 4.69) is 10.3 Å². The lowest BCUT2D eigenvalue weighted by atomic mass is 10.1. The van der Waals surface area contributed by atoms with Gasteiger partial charge in [-0.25, -0.2) is 4.98 Å². The summed E-state index contributed by atoms with van der Waals surface area (Å²) in [6.07, 6.45) is 3.62. The molecule has 3 rings (SSSR count). The van der Waals surface area contributed by atoms with Crippen LogP contribution >= 0.6 is 11.3 Å². The van der Waals surface area contributed by atoms with E-state index >= 15 is 0 Å². The minimum Gasteiger partial charge on any atom is -0.397 e. The highest BCUT2D eigenvalue weighted by atomic mass is 32.1. The SMILES string of the molecule is Nc1c(C(=O)NCC2(CO)CC2)sc2ncccc12. The van der Waals surface area contributed by atoms with Crippen molar-refractivity contribution < 1.29 is 9.90 Å². The molecule has 2 aromatic rings. The number of nitrogens with one attached hydrogen (secondary N) is 1. The van der Waals surface area contributed by atoms with E-state index < -0.39 is 0 Å². The average molecular weight is 277 g/mol. The van der Waals surface area contributed by atoms with Crippen molar-refractivity contribution in [1.29, 1.82) is 0 Å². The van der Waals surface area contributed by atoms with Crippen LogP contribution in [-0.4, -0.2) is 29.1 Å². The molecule has 0 aromatic carbocycles. The van der Waals surface area contributed by atoms with Crippen LogP contribution in [0.5, 0.6) is 0 Å². The van der Waals surface area contributed by atoms with Crippen LogP contribution in [0.15, 0.2) is 18.3 Å². The molecule has 1 aliphatic rings. The Morgan fingerprint density at radius 1 is 1.58 bits per heavy atom. The molecule has 6 heteroatoms. The first-order chi connectivity index (χ1) is 9.15. The molecule has 2 heterocycles. The first-order valence-corrected chi connectivity index (χ1v) is 6.99. The highest BCUT2D eigenvalue weighted by Crippen LogP contribution is 2.44. The maximum Gasteiger partial charge on any atom is 0.263 e. The van der Waals surface area contributed by atoms with Crippen LogP contribution < -0.4 is 11.1 Å². The van der Waals surface area contributed by atoms with E-state index in [0.29, 0.717) is 17.1 Å². The van der Waals surface area contributed by atoms with Gasteiger partial charge in [0.05, 0.1) is 12.3 Å². The first kappa shape index (κ1) is 12.4. The molecule has 0 radical (unpaired) electrons. The summed E-state index contributed by atoms with van der Waals surface area (Å²) in [5.74, 6) is -0.180. The van der Waals surface area contributed by atoms with Crippen LogP contribution in [-0.2, 0) is 0 Å². The third kappa shape index (κ3) is 2.17. The van der Waals surface area contributed by atoms with Crippen molar-refractivity contribution in [2.75, 3.05) is 18.9 Å². The molecule has 19 heavy (non-hydrogen) atoms. The first-order valence-electron chi connectivity index (χ1n) is 6.17. The van der Waals surface area contributed by atoms with E-state index in [1.807, 2.05) is 6.07 Å². The molecule has 0 spiro atoms. The summed E-state index contributed by atoms with van der Waals surface area (Å²) >= 11 is 1.30. The molecular formula is C13H15N3O2S. The molecule has 0 aliphatic heterocycles. The minimum absolute atomic E-state index is 0.0979. The fourth-order valence-corrected chi connectivity index (χ4v) is 3.02. The Bertz CT molecular complexity index is 634. The standard InChI is InChI=1S/C13H15N3O2S/c14-9-8-2-1-5-15-12(8)19-10(9)11(18)16-6-13(7-17)3-4-13/h1-2,5,17H,3-4,6-7,14H2,(H,16,18). The third-order valence-electron chi connectivity index (χ3n) is 3.63. The molecule has 2 aromatic heterocycles. The number of carbonyl (C=O) groups excluding carboxylic acids is 1. The van der Waals surface area contributed by atoms with E-state index in [-0.39, 0.29) is 17.9 Å². The van der Waals surface area contributed by atoms with Crippen molar-refractivity contribution in [3.05, 3.63) is 23.2 Å². The highest BCUT2D eigenvalue weighted by Gasteiger charge is 2.42. The zero-order chi connectivity index (χ0) is 13.5. The lowest BCUT2D eigenvalue weighted by Gasteiger charge is -2.12.